The Morgan fingerprint density at radius 1 is 1.10 bits per heavy atom. The number of hydrogen-bond acceptors (Lipinski definition) is 4. The highest BCUT2D eigenvalue weighted by Gasteiger charge is 2.57. The van der Waals surface area contributed by atoms with Crippen LogP contribution in [0.4, 0.5) is 4.79 Å². The molecule has 2 aliphatic heterocycles. The SMILES string of the molecule is CC(C)CCN1C(=O)N(CC(N)=O)C(=O)C12CCN(CCc1ccccc1)CC2. The lowest BCUT2D eigenvalue weighted by atomic mass is 9.85. The number of hydrogen-bond donors (Lipinski definition) is 1. The van der Waals surface area contributed by atoms with Crippen LogP contribution in [-0.2, 0) is 16.0 Å². The van der Waals surface area contributed by atoms with Gasteiger partial charge in [0, 0.05) is 26.2 Å². The van der Waals surface area contributed by atoms with Crippen LogP contribution >= 0.6 is 0 Å². The summed E-state index contributed by atoms with van der Waals surface area (Å²) in [6.45, 7) is 6.84. The summed E-state index contributed by atoms with van der Waals surface area (Å²) in [6, 6.07) is 9.99. The Morgan fingerprint density at radius 3 is 2.34 bits per heavy atom. The first-order chi connectivity index (χ1) is 13.8. The maximum Gasteiger partial charge on any atom is 0.328 e. The minimum absolute atomic E-state index is 0.257. The molecule has 2 aliphatic rings. The van der Waals surface area contributed by atoms with Crippen molar-refractivity contribution in [3.63, 3.8) is 0 Å². The van der Waals surface area contributed by atoms with Gasteiger partial charge in [-0.15, -0.1) is 0 Å². The van der Waals surface area contributed by atoms with Crippen molar-refractivity contribution in [2.75, 3.05) is 32.7 Å². The summed E-state index contributed by atoms with van der Waals surface area (Å²) in [4.78, 5) is 42.7. The quantitative estimate of drug-likeness (QED) is 0.675. The molecule has 2 fully saturated rings. The van der Waals surface area contributed by atoms with Crippen LogP contribution in [0, 0.1) is 5.92 Å². The summed E-state index contributed by atoms with van der Waals surface area (Å²) in [6.07, 6.45) is 2.98. The van der Waals surface area contributed by atoms with Crippen LogP contribution in [-0.4, -0.2) is 70.8 Å². The Labute approximate surface area is 172 Å². The van der Waals surface area contributed by atoms with Crippen molar-refractivity contribution in [1.29, 1.82) is 0 Å². The van der Waals surface area contributed by atoms with Gasteiger partial charge >= 0.3 is 6.03 Å². The molecular formula is C22H32N4O3. The van der Waals surface area contributed by atoms with E-state index < -0.39 is 11.4 Å². The fourth-order valence-corrected chi connectivity index (χ4v) is 4.34. The molecule has 7 heteroatoms. The van der Waals surface area contributed by atoms with Crippen LogP contribution in [0.3, 0.4) is 0 Å². The smallest absolute Gasteiger partial charge is 0.328 e. The number of nitrogens with zero attached hydrogens (tertiary/aromatic N) is 3. The minimum Gasteiger partial charge on any atom is -0.368 e. The van der Waals surface area contributed by atoms with Crippen LogP contribution in [0.2, 0.25) is 0 Å². The fourth-order valence-electron chi connectivity index (χ4n) is 4.34. The Morgan fingerprint density at radius 2 is 1.76 bits per heavy atom. The van der Waals surface area contributed by atoms with Crippen LogP contribution in [0.1, 0.15) is 38.7 Å². The number of amides is 4. The van der Waals surface area contributed by atoms with Crippen molar-refractivity contribution >= 4 is 17.8 Å². The molecule has 1 aromatic carbocycles. The van der Waals surface area contributed by atoms with E-state index in [0.29, 0.717) is 25.3 Å². The minimum atomic E-state index is -0.829. The highest BCUT2D eigenvalue weighted by atomic mass is 16.2. The second-order valence-corrected chi connectivity index (χ2v) is 8.58. The first-order valence-corrected chi connectivity index (χ1v) is 10.5. The second-order valence-electron chi connectivity index (χ2n) is 8.58. The number of piperidine rings is 1. The van der Waals surface area contributed by atoms with E-state index in [9.17, 15) is 14.4 Å². The predicted octanol–water partition coefficient (Wildman–Crippen LogP) is 1.86. The lowest BCUT2D eigenvalue weighted by molar-refractivity contribution is -0.137. The molecule has 158 valence electrons. The van der Waals surface area contributed by atoms with Crippen LogP contribution in [0.15, 0.2) is 30.3 Å². The van der Waals surface area contributed by atoms with Gasteiger partial charge in [-0.3, -0.25) is 14.5 Å². The molecule has 4 amide bonds. The molecule has 0 radical (unpaired) electrons. The highest BCUT2D eigenvalue weighted by Crippen LogP contribution is 2.37. The molecule has 2 N–H and O–H groups in total. The van der Waals surface area contributed by atoms with E-state index in [-0.39, 0.29) is 18.5 Å². The molecule has 2 heterocycles. The zero-order chi connectivity index (χ0) is 21.0. The number of primary amides is 1. The number of benzene rings is 1. The van der Waals surface area contributed by atoms with Gasteiger partial charge in [0.1, 0.15) is 12.1 Å². The fraction of sp³-hybridized carbons (Fsp3) is 0.591. The van der Waals surface area contributed by atoms with E-state index in [4.69, 9.17) is 5.73 Å². The molecular weight excluding hydrogens is 368 g/mol. The number of carbonyl (C=O) groups is 3. The van der Waals surface area contributed by atoms with E-state index >= 15 is 0 Å². The molecule has 0 aliphatic carbocycles. The Bertz CT molecular complexity index is 742. The van der Waals surface area contributed by atoms with Gasteiger partial charge in [-0.1, -0.05) is 44.2 Å². The van der Waals surface area contributed by atoms with Crippen LogP contribution in [0.25, 0.3) is 0 Å². The van der Waals surface area contributed by atoms with Crippen LogP contribution in [0.5, 0.6) is 0 Å². The zero-order valence-corrected chi connectivity index (χ0v) is 17.5. The molecule has 29 heavy (non-hydrogen) atoms. The third kappa shape index (κ3) is 4.61. The average Bonchev–Trinajstić information content (AvgIpc) is 2.88. The molecule has 0 unspecified atom stereocenters. The van der Waals surface area contributed by atoms with E-state index in [1.54, 1.807) is 4.90 Å². The molecule has 3 rings (SSSR count). The molecule has 0 bridgehead atoms. The Kier molecular flexibility index (Phi) is 6.57. The van der Waals surface area contributed by atoms with Gasteiger partial charge in [0.15, 0.2) is 0 Å². The molecule has 1 aromatic rings. The highest BCUT2D eigenvalue weighted by molar-refractivity contribution is 6.09. The molecule has 2 saturated heterocycles. The van der Waals surface area contributed by atoms with Crippen molar-refractivity contribution in [2.24, 2.45) is 11.7 Å². The number of urea groups is 1. The number of carbonyl (C=O) groups excluding carboxylic acids is 3. The van der Waals surface area contributed by atoms with Crippen molar-refractivity contribution in [3.8, 4) is 0 Å². The molecule has 7 nitrogen and oxygen atoms in total. The van der Waals surface area contributed by atoms with Gasteiger partial charge in [-0.25, -0.2) is 4.79 Å². The van der Waals surface area contributed by atoms with Gasteiger partial charge < -0.3 is 15.5 Å². The standard InChI is InChI=1S/C22H32N4O3/c1-17(2)8-13-26-21(29)25(16-19(23)27)20(28)22(26)10-14-24(15-11-22)12-9-18-6-4-3-5-7-18/h3-7,17H,8-16H2,1-2H3,(H2,23,27). The number of likely N-dealkylation sites (tertiary alicyclic amines) is 1. The summed E-state index contributed by atoms with van der Waals surface area (Å²) < 4.78 is 0. The summed E-state index contributed by atoms with van der Waals surface area (Å²) >= 11 is 0. The maximum absolute atomic E-state index is 13.2. The number of imide groups is 1. The summed E-state index contributed by atoms with van der Waals surface area (Å²) in [7, 11) is 0. The summed E-state index contributed by atoms with van der Waals surface area (Å²) in [5.41, 5.74) is 5.76. The Balaban J connectivity index is 1.69. The van der Waals surface area contributed by atoms with Gasteiger partial charge in [0.2, 0.25) is 5.91 Å². The van der Waals surface area contributed by atoms with Gasteiger partial charge in [0.05, 0.1) is 0 Å². The van der Waals surface area contributed by atoms with Gasteiger partial charge in [0.25, 0.3) is 5.91 Å². The molecule has 1 spiro atoms. The van der Waals surface area contributed by atoms with Crippen molar-refractivity contribution in [1.82, 2.24) is 14.7 Å². The van der Waals surface area contributed by atoms with Gasteiger partial charge in [-0.2, -0.15) is 0 Å². The largest absolute Gasteiger partial charge is 0.368 e. The van der Waals surface area contributed by atoms with Crippen molar-refractivity contribution < 1.29 is 14.4 Å². The second kappa shape index (κ2) is 8.95. The first kappa shape index (κ1) is 21.3. The van der Waals surface area contributed by atoms with E-state index in [1.807, 2.05) is 18.2 Å². The third-order valence-corrected chi connectivity index (χ3v) is 6.11. The molecule has 0 atom stereocenters. The summed E-state index contributed by atoms with van der Waals surface area (Å²) in [5, 5.41) is 0. The van der Waals surface area contributed by atoms with Gasteiger partial charge in [-0.05, 0) is 37.2 Å². The number of nitrogens with two attached hydrogens (primary N) is 1. The van der Waals surface area contributed by atoms with E-state index in [2.05, 4.69) is 30.9 Å². The average molecular weight is 401 g/mol. The lowest BCUT2D eigenvalue weighted by Gasteiger charge is -2.42. The normalized spacial score (nSPS) is 19.6. The van der Waals surface area contributed by atoms with E-state index in [0.717, 1.165) is 37.4 Å². The molecule has 0 aromatic heterocycles. The van der Waals surface area contributed by atoms with E-state index in [1.165, 1.54) is 5.56 Å². The van der Waals surface area contributed by atoms with Crippen molar-refractivity contribution in [2.45, 2.75) is 45.1 Å². The number of rotatable bonds is 8. The zero-order valence-electron chi connectivity index (χ0n) is 17.5. The predicted molar refractivity (Wildman–Crippen MR) is 111 cm³/mol. The monoisotopic (exact) mass is 400 g/mol. The third-order valence-electron chi connectivity index (χ3n) is 6.11. The topological polar surface area (TPSA) is 87.0 Å². The lowest BCUT2D eigenvalue weighted by Crippen LogP contribution is -2.57. The maximum atomic E-state index is 13.2. The van der Waals surface area contributed by atoms with Crippen molar-refractivity contribution in [3.05, 3.63) is 35.9 Å². The van der Waals surface area contributed by atoms with Crippen LogP contribution < -0.4 is 5.73 Å². The first-order valence-electron chi connectivity index (χ1n) is 10.5. The molecule has 0 saturated carbocycles. The Hall–Kier alpha value is -2.41. The summed E-state index contributed by atoms with van der Waals surface area (Å²) in [5.74, 6) is -0.494.